The average molecular weight is 307 g/mol. The minimum absolute atomic E-state index is 0.0388. The van der Waals surface area contributed by atoms with Crippen LogP contribution in [0.2, 0.25) is 5.02 Å². The Morgan fingerprint density at radius 3 is 2.57 bits per heavy atom. The molecule has 1 aromatic rings. The molecule has 0 aliphatic carbocycles. The van der Waals surface area contributed by atoms with Crippen molar-refractivity contribution in [2.24, 2.45) is 0 Å². The number of benzene rings is 1. The van der Waals surface area contributed by atoms with E-state index in [4.69, 9.17) is 11.6 Å². The van der Waals surface area contributed by atoms with Crippen molar-refractivity contribution in [3.05, 3.63) is 34.4 Å². The quantitative estimate of drug-likeness (QED) is 0.781. The number of allylic oxidation sites excluding steroid dienone is 1. The van der Waals surface area contributed by atoms with Crippen LogP contribution >= 0.6 is 11.6 Å². The predicted octanol–water partition coefficient (Wildman–Crippen LogP) is 4.86. The lowest BCUT2D eigenvalue weighted by Gasteiger charge is -2.43. The molecule has 0 spiro atoms. The highest BCUT2D eigenvalue weighted by atomic mass is 35.5. The van der Waals surface area contributed by atoms with E-state index in [0.29, 0.717) is 0 Å². The van der Waals surface area contributed by atoms with Crippen LogP contribution < -0.4 is 10.2 Å². The summed E-state index contributed by atoms with van der Waals surface area (Å²) in [6.07, 6.45) is 3.50. The molecule has 2 nitrogen and oxygen atoms in total. The highest BCUT2D eigenvalue weighted by molar-refractivity contribution is 6.31. The predicted molar refractivity (Wildman–Crippen MR) is 94.2 cm³/mol. The Hall–Kier alpha value is -0.990. The molecule has 0 unspecified atom stereocenters. The first-order chi connectivity index (χ1) is 9.90. The zero-order chi connectivity index (χ0) is 15.6. The molecule has 1 aromatic carbocycles. The average Bonchev–Trinajstić information content (AvgIpc) is 2.39. The van der Waals surface area contributed by atoms with Gasteiger partial charge in [-0.25, -0.2) is 0 Å². The normalized spacial score (nSPS) is 16.7. The zero-order valence-corrected chi connectivity index (χ0v) is 14.6. The number of anilines is 1. The first-order valence-electron chi connectivity index (χ1n) is 7.91. The molecule has 1 heterocycles. The molecule has 0 atom stereocenters. The fourth-order valence-corrected chi connectivity index (χ4v) is 3.48. The topological polar surface area (TPSA) is 15.3 Å². The minimum Gasteiger partial charge on any atom is -0.363 e. The lowest BCUT2D eigenvalue weighted by atomic mass is 9.88. The number of halogens is 1. The second-order valence-corrected chi connectivity index (χ2v) is 6.77. The van der Waals surface area contributed by atoms with E-state index in [1.54, 1.807) is 0 Å². The van der Waals surface area contributed by atoms with Crippen molar-refractivity contribution in [3.8, 4) is 0 Å². The fourth-order valence-electron chi connectivity index (χ4n) is 3.26. The molecule has 1 aliphatic rings. The minimum atomic E-state index is 0.0388. The number of rotatable bonds is 5. The Bertz CT molecular complexity index is 546. The molecule has 1 aliphatic heterocycles. The van der Waals surface area contributed by atoms with Crippen molar-refractivity contribution in [1.82, 2.24) is 5.32 Å². The number of hydrogen-bond acceptors (Lipinski definition) is 2. The van der Waals surface area contributed by atoms with E-state index >= 15 is 0 Å². The summed E-state index contributed by atoms with van der Waals surface area (Å²) >= 11 is 6.52. The summed E-state index contributed by atoms with van der Waals surface area (Å²) in [5.74, 6) is 0. The van der Waals surface area contributed by atoms with Crippen molar-refractivity contribution in [2.45, 2.75) is 53.1 Å². The van der Waals surface area contributed by atoms with E-state index in [1.165, 1.54) is 22.4 Å². The van der Waals surface area contributed by atoms with Crippen LogP contribution in [-0.4, -0.2) is 18.6 Å². The molecule has 21 heavy (non-hydrogen) atoms. The van der Waals surface area contributed by atoms with Crippen molar-refractivity contribution in [1.29, 1.82) is 0 Å². The van der Waals surface area contributed by atoms with Gasteiger partial charge in [0.25, 0.3) is 0 Å². The maximum atomic E-state index is 6.52. The molecule has 1 N–H and O–H groups in total. The summed E-state index contributed by atoms with van der Waals surface area (Å²) in [5.41, 5.74) is 5.14. The first-order valence-corrected chi connectivity index (χ1v) is 8.29. The molecule has 0 aromatic heterocycles. The van der Waals surface area contributed by atoms with Crippen molar-refractivity contribution >= 4 is 22.9 Å². The summed E-state index contributed by atoms with van der Waals surface area (Å²) in [6, 6.07) is 4.39. The van der Waals surface area contributed by atoms with Crippen LogP contribution in [-0.2, 0) is 6.54 Å². The first kappa shape index (κ1) is 16.4. The van der Waals surface area contributed by atoms with Crippen LogP contribution in [0.5, 0.6) is 0 Å². The van der Waals surface area contributed by atoms with Gasteiger partial charge in [0, 0.05) is 29.4 Å². The molecule has 0 radical (unpaired) electrons. The molecule has 0 fully saturated rings. The van der Waals surface area contributed by atoms with Gasteiger partial charge in [0.05, 0.1) is 5.54 Å². The maximum absolute atomic E-state index is 6.52. The maximum Gasteiger partial charge on any atom is 0.0534 e. The van der Waals surface area contributed by atoms with Crippen LogP contribution in [0.15, 0.2) is 18.2 Å². The molecule has 116 valence electrons. The molecule has 0 saturated carbocycles. The van der Waals surface area contributed by atoms with Crippen LogP contribution in [0.1, 0.15) is 52.2 Å². The Kier molecular flexibility index (Phi) is 5.00. The number of nitrogens with zero attached hydrogens (tertiary/aromatic N) is 1. The lowest BCUT2D eigenvalue weighted by molar-refractivity contribution is 0.566. The van der Waals surface area contributed by atoms with Gasteiger partial charge in [-0.05, 0) is 63.9 Å². The van der Waals surface area contributed by atoms with E-state index in [1.807, 2.05) is 0 Å². The third kappa shape index (κ3) is 3.27. The Labute approximate surface area is 134 Å². The van der Waals surface area contributed by atoms with Crippen LogP contribution in [0, 0.1) is 0 Å². The smallest absolute Gasteiger partial charge is 0.0534 e. The highest BCUT2D eigenvalue weighted by Crippen LogP contribution is 2.41. The molecular weight excluding hydrogens is 280 g/mol. The van der Waals surface area contributed by atoms with Crippen molar-refractivity contribution in [3.63, 3.8) is 0 Å². The second-order valence-electron chi connectivity index (χ2n) is 6.36. The number of likely N-dealkylation sites (N-methyl/N-ethyl adjacent to an activating group) is 1. The Balaban J connectivity index is 2.42. The van der Waals surface area contributed by atoms with Crippen LogP contribution in [0.3, 0.4) is 0 Å². The summed E-state index contributed by atoms with van der Waals surface area (Å²) in [6.45, 7) is 13.9. The Morgan fingerprint density at radius 1 is 1.24 bits per heavy atom. The third-order valence-electron chi connectivity index (χ3n) is 4.20. The van der Waals surface area contributed by atoms with Crippen molar-refractivity contribution < 1.29 is 0 Å². The lowest BCUT2D eigenvalue weighted by Crippen LogP contribution is -2.44. The van der Waals surface area contributed by atoms with Gasteiger partial charge in [-0.2, -0.15) is 0 Å². The monoisotopic (exact) mass is 306 g/mol. The largest absolute Gasteiger partial charge is 0.363 e. The van der Waals surface area contributed by atoms with Gasteiger partial charge in [0.2, 0.25) is 0 Å². The molecule has 0 amide bonds. The van der Waals surface area contributed by atoms with Gasteiger partial charge < -0.3 is 10.2 Å². The molecule has 2 rings (SSSR count). The molecular formula is C18H27ClN2. The van der Waals surface area contributed by atoms with Gasteiger partial charge in [-0.3, -0.25) is 0 Å². The standard InChI is InChI=1S/C18H27ClN2/c1-6-8-20-12-14-9-15-13(3)11-18(4,5)21(7-2)17(15)10-16(14)19/h9-11,20H,6-8,12H2,1-5H3. The fraction of sp³-hybridized carbons (Fsp3) is 0.556. The van der Waals surface area contributed by atoms with Gasteiger partial charge in [-0.1, -0.05) is 24.6 Å². The third-order valence-corrected chi connectivity index (χ3v) is 4.56. The summed E-state index contributed by atoms with van der Waals surface area (Å²) < 4.78 is 0. The SMILES string of the molecule is CCCNCc1cc2c(cc1Cl)N(CC)C(C)(C)C=C2C. The van der Waals surface area contributed by atoms with Gasteiger partial charge in [0.15, 0.2) is 0 Å². The van der Waals surface area contributed by atoms with Gasteiger partial charge >= 0.3 is 0 Å². The van der Waals surface area contributed by atoms with Gasteiger partial charge in [-0.15, -0.1) is 0 Å². The van der Waals surface area contributed by atoms with E-state index in [9.17, 15) is 0 Å². The molecule has 3 heteroatoms. The Morgan fingerprint density at radius 2 is 1.95 bits per heavy atom. The van der Waals surface area contributed by atoms with Gasteiger partial charge in [0.1, 0.15) is 0 Å². The molecule has 0 saturated heterocycles. The van der Waals surface area contributed by atoms with E-state index in [0.717, 1.165) is 31.1 Å². The van der Waals surface area contributed by atoms with Crippen LogP contribution in [0.4, 0.5) is 5.69 Å². The number of hydrogen-bond donors (Lipinski definition) is 1. The summed E-state index contributed by atoms with van der Waals surface area (Å²) in [5, 5.41) is 4.30. The van der Waals surface area contributed by atoms with E-state index in [-0.39, 0.29) is 5.54 Å². The second kappa shape index (κ2) is 6.41. The summed E-state index contributed by atoms with van der Waals surface area (Å²) in [7, 11) is 0. The zero-order valence-electron chi connectivity index (χ0n) is 13.9. The van der Waals surface area contributed by atoms with E-state index in [2.05, 4.69) is 63.0 Å². The highest BCUT2D eigenvalue weighted by Gasteiger charge is 2.30. The van der Waals surface area contributed by atoms with E-state index < -0.39 is 0 Å². The van der Waals surface area contributed by atoms with Crippen molar-refractivity contribution in [2.75, 3.05) is 18.0 Å². The number of nitrogens with one attached hydrogen (secondary N) is 1. The summed E-state index contributed by atoms with van der Waals surface area (Å²) in [4.78, 5) is 2.42. The van der Waals surface area contributed by atoms with Crippen LogP contribution in [0.25, 0.3) is 5.57 Å². The number of fused-ring (bicyclic) bond motifs is 1. The molecule has 0 bridgehead atoms.